The second kappa shape index (κ2) is 7.27. The second-order valence-electron chi connectivity index (χ2n) is 4.68. The van der Waals surface area contributed by atoms with Crippen LogP contribution in [0, 0.1) is 5.92 Å². The number of piperazine rings is 1. The third kappa shape index (κ3) is 5.17. The van der Waals surface area contributed by atoms with Crippen LogP contribution < -0.4 is 10.6 Å². The van der Waals surface area contributed by atoms with Crippen LogP contribution in [0.4, 0.5) is 0 Å². The molecule has 0 aromatic rings. The Morgan fingerprint density at radius 2 is 1.94 bits per heavy atom. The molecule has 0 spiro atoms. The lowest BCUT2D eigenvalue weighted by Gasteiger charge is -2.27. The Morgan fingerprint density at radius 3 is 2.53 bits per heavy atom. The lowest BCUT2D eigenvalue weighted by molar-refractivity contribution is -0.132. The molecule has 2 amide bonds. The summed E-state index contributed by atoms with van der Waals surface area (Å²) in [6, 6.07) is 0. The number of carbonyl (C=O) groups excluding carboxylic acids is 2. The second-order valence-corrected chi connectivity index (χ2v) is 4.68. The molecule has 1 rings (SSSR count). The summed E-state index contributed by atoms with van der Waals surface area (Å²) in [5.41, 5.74) is 0. The molecule has 1 fully saturated rings. The number of hydrogen-bond acceptors (Lipinski definition) is 3. The number of hydrogen-bond donors (Lipinski definition) is 2. The van der Waals surface area contributed by atoms with Gasteiger partial charge >= 0.3 is 0 Å². The van der Waals surface area contributed by atoms with Crippen molar-refractivity contribution in [2.45, 2.75) is 26.7 Å². The van der Waals surface area contributed by atoms with Gasteiger partial charge in [-0.15, -0.1) is 0 Å². The van der Waals surface area contributed by atoms with Gasteiger partial charge in [-0.1, -0.05) is 13.8 Å². The van der Waals surface area contributed by atoms with Crippen LogP contribution in [-0.4, -0.2) is 49.4 Å². The fraction of sp³-hybridized carbons (Fsp3) is 0.833. The van der Waals surface area contributed by atoms with Gasteiger partial charge < -0.3 is 15.5 Å². The highest BCUT2D eigenvalue weighted by Gasteiger charge is 2.15. The number of carbonyl (C=O) groups is 2. The smallest absolute Gasteiger partial charge is 0.222 e. The van der Waals surface area contributed by atoms with E-state index in [1.54, 1.807) is 0 Å². The molecule has 1 saturated heterocycles. The van der Waals surface area contributed by atoms with Crippen LogP contribution in [0.15, 0.2) is 0 Å². The number of nitrogens with one attached hydrogen (secondary N) is 2. The first-order chi connectivity index (χ1) is 8.11. The van der Waals surface area contributed by atoms with Crippen LogP contribution in [0.5, 0.6) is 0 Å². The summed E-state index contributed by atoms with van der Waals surface area (Å²) in [6.45, 7) is 7.69. The Bertz CT molecular complexity index is 260. The van der Waals surface area contributed by atoms with E-state index in [1.165, 1.54) is 0 Å². The van der Waals surface area contributed by atoms with Crippen LogP contribution in [-0.2, 0) is 9.59 Å². The molecule has 1 aliphatic heterocycles. The lowest BCUT2D eigenvalue weighted by atomic mass is 10.2. The van der Waals surface area contributed by atoms with Gasteiger partial charge in [0.25, 0.3) is 0 Å². The van der Waals surface area contributed by atoms with Crippen LogP contribution in [0.1, 0.15) is 26.7 Å². The van der Waals surface area contributed by atoms with Crippen LogP contribution in [0.25, 0.3) is 0 Å². The highest BCUT2D eigenvalue weighted by Crippen LogP contribution is 1.99. The number of rotatable bonds is 5. The van der Waals surface area contributed by atoms with Gasteiger partial charge in [-0.05, 0) is 6.42 Å². The van der Waals surface area contributed by atoms with E-state index in [9.17, 15) is 9.59 Å². The van der Waals surface area contributed by atoms with Crippen LogP contribution in [0.3, 0.4) is 0 Å². The van der Waals surface area contributed by atoms with Gasteiger partial charge in [-0.2, -0.15) is 0 Å². The SMILES string of the molecule is CC(C)C(=O)NCCCC(=O)N1CCNCC1. The van der Waals surface area contributed by atoms with Gasteiger partial charge in [0, 0.05) is 45.1 Å². The zero-order chi connectivity index (χ0) is 12.7. The summed E-state index contributed by atoms with van der Waals surface area (Å²) >= 11 is 0. The maximum Gasteiger partial charge on any atom is 0.222 e. The summed E-state index contributed by atoms with van der Waals surface area (Å²) in [6.07, 6.45) is 1.25. The Hall–Kier alpha value is -1.10. The Balaban J connectivity index is 2.09. The molecule has 0 aromatic heterocycles. The third-order valence-electron chi connectivity index (χ3n) is 2.86. The molecular weight excluding hydrogens is 218 g/mol. The van der Waals surface area contributed by atoms with Crippen LogP contribution >= 0.6 is 0 Å². The number of nitrogens with zero attached hydrogens (tertiary/aromatic N) is 1. The van der Waals surface area contributed by atoms with Crippen molar-refractivity contribution in [3.8, 4) is 0 Å². The van der Waals surface area contributed by atoms with Crippen molar-refractivity contribution in [2.24, 2.45) is 5.92 Å². The Morgan fingerprint density at radius 1 is 1.29 bits per heavy atom. The molecule has 1 heterocycles. The molecule has 1 aliphatic rings. The van der Waals surface area contributed by atoms with E-state index >= 15 is 0 Å². The van der Waals surface area contributed by atoms with Gasteiger partial charge in [0.05, 0.1) is 0 Å². The molecule has 0 saturated carbocycles. The van der Waals surface area contributed by atoms with Crippen molar-refractivity contribution >= 4 is 11.8 Å². The first kappa shape index (κ1) is 14.0. The molecule has 0 aliphatic carbocycles. The van der Waals surface area contributed by atoms with E-state index in [0.29, 0.717) is 13.0 Å². The maximum absolute atomic E-state index is 11.8. The molecular formula is C12H23N3O2. The summed E-state index contributed by atoms with van der Waals surface area (Å²) in [4.78, 5) is 24.9. The zero-order valence-electron chi connectivity index (χ0n) is 10.8. The molecule has 0 aromatic carbocycles. The molecule has 0 unspecified atom stereocenters. The predicted molar refractivity (Wildman–Crippen MR) is 66.5 cm³/mol. The van der Waals surface area contributed by atoms with Gasteiger partial charge in [0.15, 0.2) is 0 Å². The van der Waals surface area contributed by atoms with Crippen molar-refractivity contribution < 1.29 is 9.59 Å². The minimum absolute atomic E-state index is 0.0128. The average molecular weight is 241 g/mol. The zero-order valence-corrected chi connectivity index (χ0v) is 10.8. The fourth-order valence-electron chi connectivity index (χ4n) is 1.73. The molecule has 2 N–H and O–H groups in total. The van der Waals surface area contributed by atoms with Gasteiger partial charge in [0.2, 0.25) is 11.8 Å². The van der Waals surface area contributed by atoms with Gasteiger partial charge in [-0.3, -0.25) is 9.59 Å². The van der Waals surface area contributed by atoms with E-state index < -0.39 is 0 Å². The van der Waals surface area contributed by atoms with E-state index in [2.05, 4.69) is 10.6 Å². The first-order valence-corrected chi connectivity index (χ1v) is 6.37. The van der Waals surface area contributed by atoms with Gasteiger partial charge in [0.1, 0.15) is 0 Å². The van der Waals surface area contributed by atoms with E-state index in [0.717, 1.165) is 32.6 Å². The summed E-state index contributed by atoms with van der Waals surface area (Å²) in [5, 5.41) is 6.03. The standard InChI is InChI=1S/C12H23N3O2/c1-10(2)12(17)14-5-3-4-11(16)15-8-6-13-7-9-15/h10,13H,3-9H2,1-2H3,(H,14,17). The first-order valence-electron chi connectivity index (χ1n) is 6.37. The average Bonchev–Trinajstić information content (AvgIpc) is 2.35. The third-order valence-corrected chi connectivity index (χ3v) is 2.86. The number of amides is 2. The predicted octanol–water partition coefficient (Wildman–Crippen LogP) is -0.0294. The van der Waals surface area contributed by atoms with E-state index in [-0.39, 0.29) is 17.7 Å². The van der Waals surface area contributed by atoms with Crippen molar-refractivity contribution in [2.75, 3.05) is 32.7 Å². The highest BCUT2D eigenvalue weighted by atomic mass is 16.2. The summed E-state index contributed by atoms with van der Waals surface area (Å²) in [5.74, 6) is 0.267. The Kier molecular flexibility index (Phi) is 5.97. The molecule has 5 nitrogen and oxygen atoms in total. The topological polar surface area (TPSA) is 61.4 Å². The summed E-state index contributed by atoms with van der Waals surface area (Å²) in [7, 11) is 0. The quantitative estimate of drug-likeness (QED) is 0.665. The summed E-state index contributed by atoms with van der Waals surface area (Å²) < 4.78 is 0. The minimum atomic E-state index is 0.0128. The Labute approximate surface area is 103 Å². The maximum atomic E-state index is 11.8. The fourth-order valence-corrected chi connectivity index (χ4v) is 1.73. The van der Waals surface area contributed by atoms with E-state index in [4.69, 9.17) is 0 Å². The van der Waals surface area contributed by atoms with Gasteiger partial charge in [-0.25, -0.2) is 0 Å². The molecule has 0 atom stereocenters. The lowest BCUT2D eigenvalue weighted by Crippen LogP contribution is -2.46. The molecule has 0 bridgehead atoms. The molecule has 98 valence electrons. The molecule has 0 radical (unpaired) electrons. The van der Waals surface area contributed by atoms with Crippen molar-refractivity contribution in [3.63, 3.8) is 0 Å². The van der Waals surface area contributed by atoms with Crippen molar-refractivity contribution in [3.05, 3.63) is 0 Å². The molecule has 17 heavy (non-hydrogen) atoms. The normalized spacial score (nSPS) is 16.1. The largest absolute Gasteiger partial charge is 0.356 e. The van der Waals surface area contributed by atoms with Crippen LogP contribution in [0.2, 0.25) is 0 Å². The monoisotopic (exact) mass is 241 g/mol. The minimum Gasteiger partial charge on any atom is -0.356 e. The van der Waals surface area contributed by atoms with E-state index in [1.807, 2.05) is 18.7 Å². The van der Waals surface area contributed by atoms with Crippen molar-refractivity contribution in [1.82, 2.24) is 15.5 Å². The van der Waals surface area contributed by atoms with Crippen molar-refractivity contribution in [1.29, 1.82) is 0 Å². The highest BCUT2D eigenvalue weighted by molar-refractivity contribution is 5.78. The molecule has 5 heteroatoms.